The highest BCUT2D eigenvalue weighted by Crippen LogP contribution is 2.10. The van der Waals surface area contributed by atoms with Crippen LogP contribution in [0.25, 0.3) is 0 Å². The van der Waals surface area contributed by atoms with Gasteiger partial charge in [-0.25, -0.2) is 9.97 Å². The second-order valence-electron chi connectivity index (χ2n) is 4.09. The van der Waals surface area contributed by atoms with E-state index in [2.05, 4.69) is 27.1 Å². The van der Waals surface area contributed by atoms with Crippen LogP contribution in [0.5, 0.6) is 0 Å². The highest BCUT2D eigenvalue weighted by Gasteiger charge is 2.01. The van der Waals surface area contributed by atoms with E-state index in [1.54, 1.807) is 6.33 Å². The molecule has 0 saturated heterocycles. The Morgan fingerprint density at radius 1 is 0.875 bits per heavy atom. The monoisotopic (exact) mass is 213 g/mol. The van der Waals surface area contributed by atoms with Crippen molar-refractivity contribution in [2.24, 2.45) is 0 Å². The van der Waals surface area contributed by atoms with Crippen LogP contribution in [-0.2, 0) is 6.42 Å². The van der Waals surface area contributed by atoms with Crippen molar-refractivity contribution in [2.45, 2.75) is 27.2 Å². The zero-order chi connectivity index (χ0) is 11.5. The first kappa shape index (κ1) is 10.7. The molecule has 0 amide bonds. The van der Waals surface area contributed by atoms with Crippen molar-refractivity contribution >= 4 is 0 Å². The summed E-state index contributed by atoms with van der Waals surface area (Å²) in [6.07, 6.45) is 2.46. The summed E-state index contributed by atoms with van der Waals surface area (Å²) in [4.78, 5) is 12.7. The largest absolute Gasteiger partial charge is 0.258 e. The van der Waals surface area contributed by atoms with E-state index in [1.807, 2.05) is 26.8 Å². The Bertz CT molecular complexity index is 486. The van der Waals surface area contributed by atoms with Crippen LogP contribution < -0.4 is 0 Å². The van der Waals surface area contributed by atoms with Gasteiger partial charge in [-0.1, -0.05) is 0 Å². The van der Waals surface area contributed by atoms with Crippen LogP contribution in [0.1, 0.15) is 28.3 Å². The predicted octanol–water partition coefficient (Wildman–Crippen LogP) is 2.39. The van der Waals surface area contributed by atoms with Crippen molar-refractivity contribution in [2.75, 3.05) is 0 Å². The summed E-state index contributed by atoms with van der Waals surface area (Å²) >= 11 is 0. The molecule has 2 aromatic rings. The van der Waals surface area contributed by atoms with Gasteiger partial charge in [0.05, 0.1) is 0 Å². The van der Waals surface area contributed by atoms with Gasteiger partial charge in [0.1, 0.15) is 6.33 Å². The van der Waals surface area contributed by atoms with Gasteiger partial charge in [-0.2, -0.15) is 0 Å². The third-order valence-electron chi connectivity index (χ3n) is 2.39. The van der Waals surface area contributed by atoms with Gasteiger partial charge >= 0.3 is 0 Å². The fourth-order valence-electron chi connectivity index (χ4n) is 1.84. The molecule has 2 heterocycles. The van der Waals surface area contributed by atoms with Crippen LogP contribution in [0.2, 0.25) is 0 Å². The lowest BCUT2D eigenvalue weighted by molar-refractivity contribution is 0.985. The minimum absolute atomic E-state index is 0.841. The minimum atomic E-state index is 0.841. The molecule has 2 aromatic heterocycles. The number of rotatable bonds is 2. The molecule has 16 heavy (non-hydrogen) atoms. The Morgan fingerprint density at radius 2 is 1.56 bits per heavy atom. The predicted molar refractivity (Wildman–Crippen MR) is 63.3 cm³/mol. The van der Waals surface area contributed by atoms with Crippen LogP contribution in [-0.4, -0.2) is 15.0 Å². The van der Waals surface area contributed by atoms with Crippen LogP contribution in [0.4, 0.5) is 0 Å². The summed E-state index contributed by atoms with van der Waals surface area (Å²) in [5.41, 5.74) is 5.43. The summed E-state index contributed by atoms with van der Waals surface area (Å²) < 4.78 is 0. The number of nitrogens with zero attached hydrogens (tertiary/aromatic N) is 3. The first-order valence-electron chi connectivity index (χ1n) is 5.35. The molecule has 0 aliphatic rings. The maximum Gasteiger partial charge on any atom is 0.115 e. The average Bonchev–Trinajstić information content (AvgIpc) is 2.15. The molecular weight excluding hydrogens is 198 g/mol. The van der Waals surface area contributed by atoms with Crippen LogP contribution in [0, 0.1) is 20.8 Å². The van der Waals surface area contributed by atoms with Crippen LogP contribution in [0.15, 0.2) is 24.5 Å². The third kappa shape index (κ3) is 2.63. The summed E-state index contributed by atoms with van der Waals surface area (Å²) in [5, 5.41) is 0. The number of pyridine rings is 1. The van der Waals surface area contributed by atoms with Gasteiger partial charge in [0.25, 0.3) is 0 Å². The van der Waals surface area contributed by atoms with Crippen molar-refractivity contribution in [1.82, 2.24) is 15.0 Å². The standard InChI is InChI=1S/C13H15N3/c1-9-6-13(15-8-14-9)7-12-4-10(2)16-11(3)5-12/h4-6,8H,7H2,1-3H3. The first-order valence-corrected chi connectivity index (χ1v) is 5.35. The number of hydrogen-bond acceptors (Lipinski definition) is 3. The van der Waals surface area contributed by atoms with E-state index in [-0.39, 0.29) is 0 Å². The maximum absolute atomic E-state index is 4.36. The number of aromatic nitrogens is 3. The zero-order valence-electron chi connectivity index (χ0n) is 9.86. The zero-order valence-corrected chi connectivity index (χ0v) is 9.86. The topological polar surface area (TPSA) is 38.7 Å². The van der Waals surface area contributed by atoms with Crippen molar-refractivity contribution in [3.8, 4) is 0 Å². The average molecular weight is 213 g/mol. The molecule has 0 unspecified atom stereocenters. The van der Waals surface area contributed by atoms with E-state index in [0.29, 0.717) is 0 Å². The van der Waals surface area contributed by atoms with Crippen LogP contribution >= 0.6 is 0 Å². The molecule has 3 nitrogen and oxygen atoms in total. The highest BCUT2D eigenvalue weighted by atomic mass is 14.8. The molecule has 0 aromatic carbocycles. The Hall–Kier alpha value is -1.77. The van der Waals surface area contributed by atoms with Gasteiger partial charge in [0.2, 0.25) is 0 Å². The molecule has 0 spiro atoms. The lowest BCUT2D eigenvalue weighted by Crippen LogP contribution is -1.97. The quantitative estimate of drug-likeness (QED) is 0.768. The van der Waals surface area contributed by atoms with Crippen LogP contribution in [0.3, 0.4) is 0 Å². The molecule has 0 radical (unpaired) electrons. The lowest BCUT2D eigenvalue weighted by atomic mass is 10.1. The second-order valence-corrected chi connectivity index (χ2v) is 4.09. The van der Waals surface area contributed by atoms with E-state index in [9.17, 15) is 0 Å². The summed E-state index contributed by atoms with van der Waals surface area (Å²) in [5.74, 6) is 0. The van der Waals surface area contributed by atoms with E-state index in [1.165, 1.54) is 5.56 Å². The fourth-order valence-corrected chi connectivity index (χ4v) is 1.84. The summed E-state index contributed by atoms with van der Waals surface area (Å²) in [6.45, 7) is 6.01. The molecule has 0 saturated carbocycles. The SMILES string of the molecule is Cc1cc(Cc2cc(C)nc(C)c2)ncn1. The Labute approximate surface area is 95.6 Å². The van der Waals surface area contributed by atoms with E-state index < -0.39 is 0 Å². The smallest absolute Gasteiger partial charge is 0.115 e. The van der Waals surface area contributed by atoms with Gasteiger partial charge in [-0.05, 0) is 44.5 Å². The molecular formula is C13H15N3. The number of aryl methyl sites for hydroxylation is 3. The molecule has 0 bridgehead atoms. The Balaban J connectivity index is 2.27. The fraction of sp³-hybridized carbons (Fsp3) is 0.308. The van der Waals surface area contributed by atoms with Gasteiger partial charge < -0.3 is 0 Å². The highest BCUT2D eigenvalue weighted by molar-refractivity contribution is 5.25. The van der Waals surface area contributed by atoms with Gasteiger partial charge in [-0.15, -0.1) is 0 Å². The molecule has 82 valence electrons. The van der Waals surface area contributed by atoms with Crippen molar-refractivity contribution < 1.29 is 0 Å². The van der Waals surface area contributed by atoms with Gasteiger partial charge in [0.15, 0.2) is 0 Å². The lowest BCUT2D eigenvalue weighted by Gasteiger charge is -2.04. The van der Waals surface area contributed by atoms with Crippen molar-refractivity contribution in [1.29, 1.82) is 0 Å². The molecule has 0 fully saturated rings. The molecule has 0 atom stereocenters. The van der Waals surface area contributed by atoms with Gasteiger partial charge in [0, 0.05) is 29.2 Å². The van der Waals surface area contributed by atoms with E-state index >= 15 is 0 Å². The minimum Gasteiger partial charge on any atom is -0.258 e. The Kier molecular flexibility index (Phi) is 2.95. The molecule has 0 aliphatic heterocycles. The summed E-state index contributed by atoms with van der Waals surface area (Å²) in [7, 11) is 0. The normalized spacial score (nSPS) is 10.4. The first-order chi connectivity index (χ1) is 7.63. The number of hydrogen-bond donors (Lipinski definition) is 0. The van der Waals surface area contributed by atoms with Crippen molar-refractivity contribution in [3.63, 3.8) is 0 Å². The van der Waals surface area contributed by atoms with Gasteiger partial charge in [-0.3, -0.25) is 4.98 Å². The van der Waals surface area contributed by atoms with E-state index in [4.69, 9.17) is 0 Å². The maximum atomic E-state index is 4.36. The molecule has 2 rings (SSSR count). The summed E-state index contributed by atoms with van der Waals surface area (Å²) in [6, 6.07) is 6.22. The Morgan fingerprint density at radius 3 is 2.19 bits per heavy atom. The second kappa shape index (κ2) is 4.39. The van der Waals surface area contributed by atoms with E-state index in [0.717, 1.165) is 29.2 Å². The third-order valence-corrected chi connectivity index (χ3v) is 2.39. The van der Waals surface area contributed by atoms with Crippen molar-refractivity contribution in [3.05, 3.63) is 52.9 Å². The molecule has 0 aliphatic carbocycles. The molecule has 3 heteroatoms. The molecule has 0 N–H and O–H groups in total.